The predicted molar refractivity (Wildman–Crippen MR) is 85.2 cm³/mol. The van der Waals surface area contributed by atoms with Crippen LogP contribution in [-0.2, 0) is 0 Å². The molecule has 2 nitrogen and oxygen atoms in total. The average molecular weight is 301 g/mol. The van der Waals surface area contributed by atoms with Crippen LogP contribution in [0.1, 0.15) is 44.5 Å². The van der Waals surface area contributed by atoms with Gasteiger partial charge in [-0.05, 0) is 50.9 Å². The van der Waals surface area contributed by atoms with Gasteiger partial charge in [0.15, 0.2) is 0 Å². The lowest BCUT2D eigenvalue weighted by Gasteiger charge is -2.36. The first-order valence-corrected chi connectivity index (χ1v) is 8.48. The fourth-order valence-electron chi connectivity index (χ4n) is 2.75. The summed E-state index contributed by atoms with van der Waals surface area (Å²) in [5, 5.41) is 3.57. The number of thiophene rings is 1. The zero-order valence-electron chi connectivity index (χ0n) is 12.2. The number of nitrogens with zero attached hydrogens (tertiary/aromatic N) is 1. The fourth-order valence-corrected chi connectivity index (χ4v) is 3.90. The second-order valence-electron chi connectivity index (χ2n) is 5.88. The van der Waals surface area contributed by atoms with E-state index in [0.717, 1.165) is 16.8 Å². The maximum atomic E-state index is 6.05. The van der Waals surface area contributed by atoms with E-state index in [0.29, 0.717) is 12.1 Å². The number of nitrogens with one attached hydrogen (secondary N) is 1. The Hall–Kier alpha value is -0.0900. The molecule has 0 aromatic carbocycles. The van der Waals surface area contributed by atoms with Crippen LogP contribution in [0.5, 0.6) is 0 Å². The Kier molecular flexibility index (Phi) is 5.70. The fraction of sp³-hybridized carbons (Fsp3) is 0.733. The molecule has 2 atom stereocenters. The highest BCUT2D eigenvalue weighted by atomic mass is 35.5. The summed E-state index contributed by atoms with van der Waals surface area (Å²) in [5.41, 5.74) is 0. The van der Waals surface area contributed by atoms with Gasteiger partial charge in [-0.2, -0.15) is 0 Å². The highest BCUT2D eigenvalue weighted by molar-refractivity contribution is 7.16. The first-order valence-electron chi connectivity index (χ1n) is 7.29. The molecule has 0 aliphatic carbocycles. The van der Waals surface area contributed by atoms with Crippen molar-refractivity contribution in [3.8, 4) is 0 Å². The van der Waals surface area contributed by atoms with E-state index in [1.54, 1.807) is 11.3 Å². The summed E-state index contributed by atoms with van der Waals surface area (Å²) in [6.45, 7) is 10.3. The van der Waals surface area contributed by atoms with Crippen LogP contribution >= 0.6 is 22.9 Å². The molecule has 0 saturated carbocycles. The van der Waals surface area contributed by atoms with Gasteiger partial charge in [-0.25, -0.2) is 0 Å². The smallest absolute Gasteiger partial charge is 0.0931 e. The molecule has 1 N–H and O–H groups in total. The molecule has 0 radical (unpaired) electrons. The first kappa shape index (κ1) is 15.3. The maximum absolute atomic E-state index is 6.05. The average Bonchev–Trinajstić information content (AvgIpc) is 2.82. The maximum Gasteiger partial charge on any atom is 0.0931 e. The molecule has 19 heavy (non-hydrogen) atoms. The Balaban J connectivity index is 1.89. The van der Waals surface area contributed by atoms with Crippen LogP contribution in [0.3, 0.4) is 0 Å². The molecular weight excluding hydrogens is 276 g/mol. The third-order valence-electron chi connectivity index (χ3n) is 3.92. The molecule has 1 aliphatic heterocycles. The summed E-state index contributed by atoms with van der Waals surface area (Å²) in [6, 6.07) is 5.27. The van der Waals surface area contributed by atoms with E-state index in [4.69, 9.17) is 11.6 Å². The molecule has 1 saturated heterocycles. The molecule has 0 spiro atoms. The zero-order chi connectivity index (χ0) is 13.8. The summed E-state index contributed by atoms with van der Waals surface area (Å²) in [6.07, 6.45) is 2.67. The lowest BCUT2D eigenvalue weighted by atomic mass is 9.96. The number of halogens is 1. The Bertz CT molecular complexity index is 391. The van der Waals surface area contributed by atoms with Crippen LogP contribution in [0.4, 0.5) is 0 Å². The number of piperidine rings is 1. The van der Waals surface area contributed by atoms with E-state index in [1.165, 1.54) is 30.8 Å². The Labute approximate surface area is 126 Å². The van der Waals surface area contributed by atoms with Gasteiger partial charge in [0.2, 0.25) is 0 Å². The predicted octanol–water partition coefficient (Wildman–Crippen LogP) is 4.17. The summed E-state index contributed by atoms with van der Waals surface area (Å²) >= 11 is 7.76. The van der Waals surface area contributed by atoms with E-state index < -0.39 is 0 Å². The molecule has 4 heteroatoms. The zero-order valence-corrected chi connectivity index (χ0v) is 13.7. The van der Waals surface area contributed by atoms with E-state index in [9.17, 15) is 0 Å². The third kappa shape index (κ3) is 4.45. The van der Waals surface area contributed by atoms with Crippen molar-refractivity contribution in [3.05, 3.63) is 21.3 Å². The topological polar surface area (TPSA) is 15.3 Å². The standard InChI is InChI=1S/C15H25ClN2S/c1-11(2)17-9-13-5-4-8-18(10-13)12(3)14-6-7-15(16)19-14/h6-7,11-13,17H,4-5,8-10H2,1-3H3. The van der Waals surface area contributed by atoms with Crippen molar-refractivity contribution >= 4 is 22.9 Å². The lowest BCUT2D eigenvalue weighted by Crippen LogP contribution is -2.41. The van der Waals surface area contributed by atoms with Crippen molar-refractivity contribution in [3.63, 3.8) is 0 Å². The minimum Gasteiger partial charge on any atom is -0.314 e. The van der Waals surface area contributed by atoms with Crippen LogP contribution in [0.15, 0.2) is 12.1 Å². The molecule has 0 bridgehead atoms. The second kappa shape index (κ2) is 7.07. The minimum absolute atomic E-state index is 0.499. The van der Waals surface area contributed by atoms with Crippen LogP contribution in [0.25, 0.3) is 0 Å². The molecule has 2 heterocycles. The molecule has 108 valence electrons. The van der Waals surface area contributed by atoms with Crippen molar-refractivity contribution in [2.45, 2.75) is 45.7 Å². The SMILES string of the molecule is CC(C)NCC1CCCN(C(C)c2ccc(Cl)s2)C1. The van der Waals surface area contributed by atoms with E-state index >= 15 is 0 Å². The van der Waals surface area contributed by atoms with Crippen molar-refractivity contribution in [2.75, 3.05) is 19.6 Å². The van der Waals surface area contributed by atoms with Gasteiger partial charge in [-0.3, -0.25) is 4.90 Å². The number of rotatable bonds is 5. The van der Waals surface area contributed by atoms with Gasteiger partial charge in [-0.1, -0.05) is 25.4 Å². The van der Waals surface area contributed by atoms with Crippen LogP contribution in [-0.4, -0.2) is 30.6 Å². The van der Waals surface area contributed by atoms with E-state index in [-0.39, 0.29) is 0 Å². The van der Waals surface area contributed by atoms with E-state index in [2.05, 4.69) is 37.1 Å². The van der Waals surface area contributed by atoms with Crippen LogP contribution in [0, 0.1) is 5.92 Å². The summed E-state index contributed by atoms with van der Waals surface area (Å²) < 4.78 is 0.900. The summed E-state index contributed by atoms with van der Waals surface area (Å²) in [5.74, 6) is 0.786. The van der Waals surface area contributed by atoms with Gasteiger partial charge in [0.1, 0.15) is 0 Å². The Morgan fingerprint density at radius 1 is 1.42 bits per heavy atom. The van der Waals surface area contributed by atoms with Gasteiger partial charge in [0.25, 0.3) is 0 Å². The number of likely N-dealkylation sites (tertiary alicyclic amines) is 1. The van der Waals surface area contributed by atoms with Crippen molar-refractivity contribution in [2.24, 2.45) is 5.92 Å². The van der Waals surface area contributed by atoms with Crippen molar-refractivity contribution < 1.29 is 0 Å². The molecule has 1 aliphatic rings. The third-order valence-corrected chi connectivity index (χ3v) is 5.32. The second-order valence-corrected chi connectivity index (χ2v) is 7.63. The molecule has 0 amide bonds. The monoisotopic (exact) mass is 300 g/mol. The summed E-state index contributed by atoms with van der Waals surface area (Å²) in [4.78, 5) is 4.00. The Morgan fingerprint density at radius 3 is 2.84 bits per heavy atom. The highest BCUT2D eigenvalue weighted by Gasteiger charge is 2.25. The number of hydrogen-bond acceptors (Lipinski definition) is 3. The lowest BCUT2D eigenvalue weighted by molar-refractivity contribution is 0.131. The molecule has 1 aromatic heterocycles. The molecule has 1 fully saturated rings. The largest absolute Gasteiger partial charge is 0.314 e. The highest BCUT2D eigenvalue weighted by Crippen LogP contribution is 2.32. The quantitative estimate of drug-likeness (QED) is 0.878. The first-order chi connectivity index (χ1) is 9.06. The molecule has 2 unspecified atom stereocenters. The molecular formula is C15H25ClN2S. The molecule has 1 aromatic rings. The molecule has 2 rings (SSSR count). The normalized spacial score (nSPS) is 22.9. The Morgan fingerprint density at radius 2 is 2.21 bits per heavy atom. The van der Waals surface area contributed by atoms with Crippen LogP contribution in [0.2, 0.25) is 4.34 Å². The summed E-state index contributed by atoms with van der Waals surface area (Å²) in [7, 11) is 0. The number of hydrogen-bond donors (Lipinski definition) is 1. The van der Waals surface area contributed by atoms with Crippen molar-refractivity contribution in [1.29, 1.82) is 0 Å². The van der Waals surface area contributed by atoms with Gasteiger partial charge >= 0.3 is 0 Å². The van der Waals surface area contributed by atoms with Crippen LogP contribution < -0.4 is 5.32 Å². The van der Waals surface area contributed by atoms with Gasteiger partial charge in [-0.15, -0.1) is 11.3 Å². The van der Waals surface area contributed by atoms with Gasteiger partial charge < -0.3 is 5.32 Å². The van der Waals surface area contributed by atoms with Gasteiger partial charge in [0, 0.05) is 23.5 Å². The minimum atomic E-state index is 0.499. The van der Waals surface area contributed by atoms with Gasteiger partial charge in [0.05, 0.1) is 4.34 Å². The van der Waals surface area contributed by atoms with E-state index in [1.807, 2.05) is 6.07 Å². The van der Waals surface area contributed by atoms with Crippen molar-refractivity contribution in [1.82, 2.24) is 10.2 Å².